The second-order valence-electron chi connectivity index (χ2n) is 14.1. The number of anilines is 2. The lowest BCUT2D eigenvalue weighted by Gasteiger charge is -2.36. The largest absolute Gasteiger partial charge is 0.494 e. The maximum atomic E-state index is 13.4. The molecule has 2 saturated heterocycles. The third-order valence-electron chi connectivity index (χ3n) is 10.4. The van der Waals surface area contributed by atoms with Crippen molar-refractivity contribution >= 4 is 30.0 Å². The summed E-state index contributed by atoms with van der Waals surface area (Å²) in [7, 11) is 0. The van der Waals surface area contributed by atoms with Crippen molar-refractivity contribution < 1.29 is 32.3 Å². The van der Waals surface area contributed by atoms with Crippen LogP contribution >= 0.6 is 0 Å². The molecule has 0 aromatic heterocycles. The number of nitriles is 1. The zero-order valence-corrected chi connectivity index (χ0v) is 30.7. The van der Waals surface area contributed by atoms with E-state index in [-0.39, 0.29) is 23.9 Å². The molecule has 0 spiro atoms. The summed E-state index contributed by atoms with van der Waals surface area (Å²) in [6, 6.07) is 19.8. The lowest BCUT2D eigenvalue weighted by Crippen LogP contribution is -2.46. The molecule has 3 aromatic carbocycles. The molecular formula is C41H49F3N6O4. The van der Waals surface area contributed by atoms with Crippen LogP contribution < -0.4 is 25.2 Å². The third kappa shape index (κ3) is 11.3. The number of piperazine rings is 1. The Kier molecular flexibility index (Phi) is 14.5. The molecule has 2 aliphatic heterocycles. The van der Waals surface area contributed by atoms with Gasteiger partial charge in [0.2, 0.25) is 12.3 Å². The smallest absolute Gasteiger partial charge is 0.417 e. The Morgan fingerprint density at radius 3 is 2.30 bits per heavy atom. The SMILES string of the molecule is CC(CCC(=O)NC=O)NCc1cc(N2CCN(CCCCOc3ccc(C4CCN(c5ccc(C#N)c(C(F)(F)F)c5)CC4)cc3)CC2)ccc1C=O. The maximum absolute atomic E-state index is 13.4. The van der Waals surface area contributed by atoms with Gasteiger partial charge in [0.25, 0.3) is 0 Å². The Balaban J connectivity index is 0.982. The van der Waals surface area contributed by atoms with Crippen molar-refractivity contribution in [2.24, 2.45) is 0 Å². The first kappa shape index (κ1) is 40.3. The van der Waals surface area contributed by atoms with Crippen molar-refractivity contribution in [2.75, 3.05) is 62.2 Å². The maximum Gasteiger partial charge on any atom is 0.417 e. The topological polar surface area (TPSA) is 118 Å². The minimum atomic E-state index is -4.57. The van der Waals surface area contributed by atoms with Crippen LogP contribution in [0, 0.1) is 11.3 Å². The van der Waals surface area contributed by atoms with E-state index in [4.69, 9.17) is 10.00 Å². The summed E-state index contributed by atoms with van der Waals surface area (Å²) in [4.78, 5) is 40.5. The fourth-order valence-corrected chi connectivity index (χ4v) is 7.15. The average molecular weight is 747 g/mol. The van der Waals surface area contributed by atoms with Crippen LogP contribution in [-0.2, 0) is 22.3 Å². The molecule has 13 heteroatoms. The molecule has 5 rings (SSSR count). The summed E-state index contributed by atoms with van der Waals surface area (Å²) in [5.74, 6) is 0.843. The summed E-state index contributed by atoms with van der Waals surface area (Å²) < 4.78 is 46.4. The lowest BCUT2D eigenvalue weighted by atomic mass is 9.89. The van der Waals surface area contributed by atoms with E-state index in [0.717, 1.165) is 87.8 Å². The fourth-order valence-electron chi connectivity index (χ4n) is 7.15. The van der Waals surface area contributed by atoms with E-state index >= 15 is 0 Å². The van der Waals surface area contributed by atoms with Crippen LogP contribution in [0.3, 0.4) is 0 Å². The minimum absolute atomic E-state index is 0.0372. The monoisotopic (exact) mass is 746 g/mol. The molecule has 288 valence electrons. The molecule has 2 fully saturated rings. The number of amides is 2. The molecular weight excluding hydrogens is 697 g/mol. The first-order chi connectivity index (χ1) is 26.1. The first-order valence-corrected chi connectivity index (χ1v) is 18.7. The Bertz CT molecular complexity index is 1750. The molecule has 2 heterocycles. The van der Waals surface area contributed by atoms with E-state index in [1.165, 1.54) is 11.6 Å². The molecule has 0 radical (unpaired) electrons. The number of ether oxygens (including phenoxy) is 1. The number of nitrogens with zero attached hydrogens (tertiary/aromatic N) is 4. The normalized spacial score (nSPS) is 16.1. The summed E-state index contributed by atoms with van der Waals surface area (Å²) in [6.45, 7) is 9.08. The summed E-state index contributed by atoms with van der Waals surface area (Å²) in [5, 5.41) is 14.6. The summed E-state index contributed by atoms with van der Waals surface area (Å²) >= 11 is 0. The predicted octanol–water partition coefficient (Wildman–Crippen LogP) is 6.29. The van der Waals surface area contributed by atoms with Gasteiger partial charge < -0.3 is 19.9 Å². The lowest BCUT2D eigenvalue weighted by molar-refractivity contribution is -0.137. The van der Waals surface area contributed by atoms with Gasteiger partial charge in [-0.2, -0.15) is 18.4 Å². The number of imide groups is 1. The Morgan fingerprint density at radius 1 is 0.944 bits per heavy atom. The number of nitrogens with one attached hydrogen (secondary N) is 2. The molecule has 2 amide bonds. The van der Waals surface area contributed by atoms with Crippen molar-refractivity contribution in [3.05, 3.63) is 88.5 Å². The number of carbonyl (C=O) groups is 3. The van der Waals surface area contributed by atoms with Gasteiger partial charge in [0.1, 0.15) is 12.0 Å². The van der Waals surface area contributed by atoms with Crippen LogP contribution in [0.2, 0.25) is 0 Å². The molecule has 0 aliphatic carbocycles. The summed E-state index contributed by atoms with van der Waals surface area (Å²) in [6.07, 6.45) is 1.14. The Morgan fingerprint density at radius 2 is 1.63 bits per heavy atom. The van der Waals surface area contributed by atoms with Gasteiger partial charge in [-0.3, -0.25) is 24.6 Å². The number of carbonyl (C=O) groups excluding carboxylic acids is 3. The second kappa shape index (κ2) is 19.4. The quantitative estimate of drug-likeness (QED) is 0.122. The van der Waals surface area contributed by atoms with E-state index < -0.39 is 11.7 Å². The van der Waals surface area contributed by atoms with Gasteiger partial charge in [0.05, 0.1) is 23.8 Å². The number of halogens is 3. The minimum Gasteiger partial charge on any atom is -0.494 e. The standard InChI is InChI=1S/C41H49F3N6O4/c1-30(4-13-40(53)47-29-52)46-27-35-24-36(10-6-34(35)28-51)50-21-19-48(20-22-50)16-2-3-23-54-38-11-7-31(8-12-38)32-14-17-49(18-15-32)37-9-5-33(26-45)39(25-37)41(42,43)44/h5-12,24-25,28-30,32,46H,2-4,13-23,27H2,1H3,(H,47,52,53). The van der Waals surface area contributed by atoms with Gasteiger partial charge in [0.15, 0.2) is 0 Å². The van der Waals surface area contributed by atoms with Crippen molar-refractivity contribution in [2.45, 2.75) is 70.1 Å². The highest BCUT2D eigenvalue weighted by Crippen LogP contribution is 2.37. The number of hydrogen-bond acceptors (Lipinski definition) is 9. The van der Waals surface area contributed by atoms with Crippen LogP contribution in [0.4, 0.5) is 24.5 Å². The second-order valence-corrected chi connectivity index (χ2v) is 14.1. The number of rotatable bonds is 17. The molecule has 1 unspecified atom stereocenters. The number of benzene rings is 3. The number of aldehydes is 1. The predicted molar refractivity (Wildman–Crippen MR) is 202 cm³/mol. The average Bonchev–Trinajstić information content (AvgIpc) is 3.19. The van der Waals surface area contributed by atoms with E-state index in [1.807, 2.05) is 36.1 Å². The van der Waals surface area contributed by atoms with Gasteiger partial charge in [-0.1, -0.05) is 12.1 Å². The first-order valence-electron chi connectivity index (χ1n) is 18.7. The fraction of sp³-hybridized carbons (Fsp3) is 0.463. The highest BCUT2D eigenvalue weighted by molar-refractivity contribution is 5.85. The van der Waals surface area contributed by atoms with Gasteiger partial charge >= 0.3 is 6.18 Å². The van der Waals surface area contributed by atoms with E-state index in [1.54, 1.807) is 12.1 Å². The zero-order chi connectivity index (χ0) is 38.5. The number of piperidine rings is 1. The Labute approximate surface area is 315 Å². The van der Waals surface area contributed by atoms with Crippen LogP contribution in [0.1, 0.15) is 84.0 Å². The molecule has 0 bridgehead atoms. The van der Waals surface area contributed by atoms with Crippen LogP contribution in [-0.4, -0.2) is 82.0 Å². The van der Waals surface area contributed by atoms with Gasteiger partial charge in [-0.05, 0) is 111 Å². The van der Waals surface area contributed by atoms with Crippen molar-refractivity contribution in [1.82, 2.24) is 15.5 Å². The van der Waals surface area contributed by atoms with E-state index in [2.05, 4.69) is 38.6 Å². The number of hydrogen-bond donors (Lipinski definition) is 2. The Hall–Kier alpha value is -4.93. The molecule has 54 heavy (non-hydrogen) atoms. The van der Waals surface area contributed by atoms with Gasteiger partial charge in [-0.25, -0.2) is 0 Å². The zero-order valence-electron chi connectivity index (χ0n) is 30.7. The molecule has 3 aromatic rings. The third-order valence-corrected chi connectivity index (χ3v) is 10.4. The van der Waals surface area contributed by atoms with E-state index in [9.17, 15) is 27.6 Å². The van der Waals surface area contributed by atoms with Gasteiger partial charge in [0, 0.05) is 75.2 Å². The van der Waals surface area contributed by atoms with Crippen LogP contribution in [0.15, 0.2) is 60.7 Å². The molecule has 2 aliphatic rings. The van der Waals surface area contributed by atoms with Gasteiger partial charge in [-0.15, -0.1) is 0 Å². The highest BCUT2D eigenvalue weighted by atomic mass is 19.4. The van der Waals surface area contributed by atoms with Crippen molar-refractivity contribution in [3.8, 4) is 11.8 Å². The highest BCUT2D eigenvalue weighted by Gasteiger charge is 2.34. The number of unbranched alkanes of at least 4 members (excludes halogenated alkanes) is 1. The number of alkyl halides is 3. The molecule has 2 N–H and O–H groups in total. The molecule has 10 nitrogen and oxygen atoms in total. The van der Waals surface area contributed by atoms with Crippen LogP contribution in [0.5, 0.6) is 5.75 Å². The molecule has 1 atom stereocenters. The molecule has 0 saturated carbocycles. The van der Waals surface area contributed by atoms with Crippen molar-refractivity contribution in [1.29, 1.82) is 5.26 Å². The summed E-state index contributed by atoms with van der Waals surface area (Å²) in [5.41, 5.74) is 3.11. The van der Waals surface area contributed by atoms with Crippen molar-refractivity contribution in [3.63, 3.8) is 0 Å². The van der Waals surface area contributed by atoms with Crippen LogP contribution in [0.25, 0.3) is 0 Å². The van der Waals surface area contributed by atoms with E-state index in [0.29, 0.717) is 56.2 Å².